The normalized spacial score (nSPS) is 10.6. The van der Waals surface area contributed by atoms with Gasteiger partial charge in [0.05, 0.1) is 5.02 Å². The van der Waals surface area contributed by atoms with Crippen molar-refractivity contribution in [1.29, 1.82) is 0 Å². The van der Waals surface area contributed by atoms with Crippen LogP contribution in [0, 0.1) is 0 Å². The first-order valence-corrected chi connectivity index (χ1v) is 9.56. The quantitative estimate of drug-likeness (QED) is 0.351. The van der Waals surface area contributed by atoms with Crippen molar-refractivity contribution in [2.45, 2.75) is 25.9 Å². The minimum atomic E-state index is -0.466. The number of hydrogen-bond acceptors (Lipinski definition) is 4. The summed E-state index contributed by atoms with van der Waals surface area (Å²) in [7, 11) is 0. The van der Waals surface area contributed by atoms with Gasteiger partial charge in [-0.2, -0.15) is 0 Å². The van der Waals surface area contributed by atoms with Gasteiger partial charge in [-0.05, 0) is 47.0 Å². The smallest absolute Gasteiger partial charge is 0.311 e. The fraction of sp³-hybridized carbons (Fsp3) is 0.182. The van der Waals surface area contributed by atoms with Gasteiger partial charge in [0.15, 0.2) is 0 Å². The molecular formula is C22H18Cl2O4. The zero-order chi connectivity index (χ0) is 19.9. The lowest BCUT2D eigenvalue weighted by Gasteiger charge is -2.07. The van der Waals surface area contributed by atoms with E-state index in [1.54, 1.807) is 6.07 Å². The molecule has 3 aromatic carbocycles. The van der Waals surface area contributed by atoms with Crippen molar-refractivity contribution in [3.63, 3.8) is 0 Å². The molecular weight excluding hydrogens is 399 g/mol. The van der Waals surface area contributed by atoms with Gasteiger partial charge in [0, 0.05) is 17.9 Å². The van der Waals surface area contributed by atoms with Crippen molar-refractivity contribution in [2.75, 3.05) is 0 Å². The summed E-state index contributed by atoms with van der Waals surface area (Å²) >= 11 is 11.8. The monoisotopic (exact) mass is 416 g/mol. The molecule has 3 rings (SSSR count). The first-order chi connectivity index (χ1) is 13.5. The summed E-state index contributed by atoms with van der Waals surface area (Å²) in [5.74, 6) is -0.577. The zero-order valence-electron chi connectivity index (χ0n) is 15.0. The number of ether oxygens (including phenoxy) is 2. The lowest BCUT2D eigenvalue weighted by molar-refractivity contribution is -0.145. The lowest BCUT2D eigenvalue weighted by atomic mass is 10.1. The second-order valence-corrected chi connectivity index (χ2v) is 7.09. The topological polar surface area (TPSA) is 52.6 Å². The maximum atomic E-state index is 11.9. The average molecular weight is 417 g/mol. The van der Waals surface area contributed by atoms with Crippen LogP contribution in [0.3, 0.4) is 0 Å². The highest BCUT2D eigenvalue weighted by Crippen LogP contribution is 2.27. The Kier molecular flexibility index (Phi) is 6.90. The van der Waals surface area contributed by atoms with Gasteiger partial charge < -0.3 is 9.47 Å². The van der Waals surface area contributed by atoms with Gasteiger partial charge in [0.2, 0.25) is 0 Å². The number of esters is 2. The summed E-state index contributed by atoms with van der Waals surface area (Å²) in [5, 5.41) is 2.95. The molecule has 0 aliphatic carbocycles. The number of benzene rings is 3. The number of carbonyl (C=O) groups excluding carboxylic acids is 2. The Morgan fingerprint density at radius 2 is 1.57 bits per heavy atom. The summed E-state index contributed by atoms with van der Waals surface area (Å²) in [4.78, 5) is 23.8. The molecule has 0 fully saturated rings. The Morgan fingerprint density at radius 1 is 0.821 bits per heavy atom. The van der Waals surface area contributed by atoms with E-state index in [1.807, 2.05) is 42.5 Å². The first kappa shape index (κ1) is 20.2. The molecule has 6 heteroatoms. The average Bonchev–Trinajstić information content (AvgIpc) is 2.68. The van der Waals surface area contributed by atoms with Crippen LogP contribution in [0.4, 0.5) is 0 Å². The fourth-order valence-corrected chi connectivity index (χ4v) is 3.12. The summed E-state index contributed by atoms with van der Waals surface area (Å²) in [6.07, 6.45) is 0.557. The molecule has 0 amide bonds. The molecule has 0 heterocycles. The highest BCUT2D eigenvalue weighted by molar-refractivity contribution is 6.35. The van der Waals surface area contributed by atoms with Gasteiger partial charge in [0.1, 0.15) is 12.4 Å². The van der Waals surface area contributed by atoms with Crippen LogP contribution in [0.15, 0.2) is 60.7 Å². The first-order valence-electron chi connectivity index (χ1n) is 8.80. The fourth-order valence-electron chi connectivity index (χ4n) is 2.67. The minimum absolute atomic E-state index is 0.0873. The van der Waals surface area contributed by atoms with Crippen LogP contribution >= 0.6 is 23.2 Å². The van der Waals surface area contributed by atoms with E-state index in [4.69, 9.17) is 32.7 Å². The summed E-state index contributed by atoms with van der Waals surface area (Å²) in [6.45, 7) is 0.203. The van der Waals surface area contributed by atoms with Crippen LogP contribution in [0.1, 0.15) is 24.8 Å². The molecule has 144 valence electrons. The van der Waals surface area contributed by atoms with Gasteiger partial charge in [0.25, 0.3) is 0 Å². The second-order valence-electron chi connectivity index (χ2n) is 6.24. The Morgan fingerprint density at radius 3 is 2.36 bits per heavy atom. The van der Waals surface area contributed by atoms with Crippen LogP contribution in [-0.4, -0.2) is 11.9 Å². The van der Waals surface area contributed by atoms with E-state index in [1.165, 1.54) is 12.1 Å². The van der Waals surface area contributed by atoms with Crippen molar-refractivity contribution >= 4 is 45.9 Å². The predicted molar refractivity (Wildman–Crippen MR) is 110 cm³/mol. The maximum Gasteiger partial charge on any atom is 0.311 e. The van der Waals surface area contributed by atoms with Gasteiger partial charge >= 0.3 is 11.9 Å². The largest absolute Gasteiger partial charge is 0.461 e. The molecule has 0 N–H and O–H groups in total. The van der Waals surface area contributed by atoms with E-state index in [0.29, 0.717) is 11.4 Å². The standard InChI is InChI=1S/C22H18Cl2O4/c23-18-10-11-20(19(24)13-18)28-22(26)7-3-6-21(25)27-14-15-8-9-16-4-1-2-5-17(16)12-15/h1-2,4-5,8-13H,3,6-7,14H2. The van der Waals surface area contributed by atoms with Crippen LogP contribution in [-0.2, 0) is 20.9 Å². The molecule has 0 aromatic heterocycles. The van der Waals surface area contributed by atoms with Gasteiger partial charge in [-0.3, -0.25) is 9.59 Å². The second kappa shape index (κ2) is 9.58. The van der Waals surface area contributed by atoms with E-state index in [-0.39, 0.29) is 36.2 Å². The van der Waals surface area contributed by atoms with Crippen LogP contribution in [0.5, 0.6) is 5.75 Å². The maximum absolute atomic E-state index is 11.9. The summed E-state index contributed by atoms with van der Waals surface area (Å²) < 4.78 is 10.5. The SMILES string of the molecule is O=C(CCCC(=O)Oc1ccc(Cl)cc1Cl)OCc1ccc2ccccc2c1. The van der Waals surface area contributed by atoms with Crippen LogP contribution in [0.25, 0.3) is 10.8 Å². The number of hydrogen-bond donors (Lipinski definition) is 0. The molecule has 0 bridgehead atoms. The highest BCUT2D eigenvalue weighted by Gasteiger charge is 2.11. The Hall–Kier alpha value is -2.56. The molecule has 0 saturated carbocycles. The number of halogens is 2. The van der Waals surface area contributed by atoms with Crippen molar-refractivity contribution in [3.8, 4) is 5.75 Å². The predicted octanol–water partition coefficient (Wildman–Crippen LogP) is 5.97. The summed E-state index contributed by atoms with van der Waals surface area (Å²) in [6, 6.07) is 18.5. The van der Waals surface area contributed by atoms with E-state index < -0.39 is 5.97 Å². The number of fused-ring (bicyclic) bond motifs is 1. The van der Waals surface area contributed by atoms with E-state index in [0.717, 1.165) is 16.3 Å². The third-order valence-corrected chi connectivity index (χ3v) is 4.62. The minimum Gasteiger partial charge on any atom is -0.461 e. The van der Waals surface area contributed by atoms with Crippen molar-refractivity contribution < 1.29 is 19.1 Å². The Bertz CT molecular complexity index is 1000. The molecule has 0 saturated heterocycles. The van der Waals surface area contributed by atoms with E-state index in [2.05, 4.69) is 0 Å². The zero-order valence-corrected chi connectivity index (χ0v) is 16.5. The Labute approximate surface area is 173 Å². The van der Waals surface area contributed by atoms with Gasteiger partial charge in [-0.25, -0.2) is 0 Å². The molecule has 0 atom stereocenters. The molecule has 3 aromatic rings. The van der Waals surface area contributed by atoms with Gasteiger partial charge in [-0.15, -0.1) is 0 Å². The molecule has 0 radical (unpaired) electrons. The lowest BCUT2D eigenvalue weighted by Crippen LogP contribution is -2.10. The molecule has 0 aliphatic rings. The highest BCUT2D eigenvalue weighted by atomic mass is 35.5. The van der Waals surface area contributed by atoms with Crippen LogP contribution in [0.2, 0.25) is 10.0 Å². The van der Waals surface area contributed by atoms with Crippen molar-refractivity contribution in [3.05, 3.63) is 76.3 Å². The Balaban J connectivity index is 1.40. The molecule has 0 aliphatic heterocycles. The molecule has 0 spiro atoms. The number of rotatable bonds is 7. The summed E-state index contributed by atoms with van der Waals surface area (Å²) in [5.41, 5.74) is 0.920. The van der Waals surface area contributed by atoms with Crippen molar-refractivity contribution in [2.24, 2.45) is 0 Å². The molecule has 0 unspecified atom stereocenters. The number of carbonyl (C=O) groups is 2. The van der Waals surface area contributed by atoms with Gasteiger partial charge in [-0.1, -0.05) is 59.6 Å². The third kappa shape index (κ3) is 5.72. The molecule has 28 heavy (non-hydrogen) atoms. The van der Waals surface area contributed by atoms with E-state index >= 15 is 0 Å². The molecule has 4 nitrogen and oxygen atoms in total. The van der Waals surface area contributed by atoms with Crippen LogP contribution < -0.4 is 4.74 Å². The van der Waals surface area contributed by atoms with E-state index in [9.17, 15) is 9.59 Å². The third-order valence-electron chi connectivity index (χ3n) is 4.09. The van der Waals surface area contributed by atoms with Crippen molar-refractivity contribution in [1.82, 2.24) is 0 Å².